The van der Waals surface area contributed by atoms with Crippen molar-refractivity contribution in [3.8, 4) is 17.2 Å². The molecule has 0 saturated carbocycles. The van der Waals surface area contributed by atoms with Gasteiger partial charge in [0, 0.05) is 31.8 Å². The minimum atomic E-state index is -0.498. The highest BCUT2D eigenvalue weighted by Gasteiger charge is 2.34. The molecule has 0 radical (unpaired) electrons. The molecule has 1 aromatic rings. The van der Waals surface area contributed by atoms with E-state index >= 15 is 0 Å². The van der Waals surface area contributed by atoms with Crippen LogP contribution in [0.1, 0.15) is 33.3 Å². The Morgan fingerprint density at radius 1 is 1.13 bits per heavy atom. The first-order valence-corrected chi connectivity index (χ1v) is 10.0. The van der Waals surface area contributed by atoms with Crippen molar-refractivity contribution in [1.82, 2.24) is 15.5 Å². The van der Waals surface area contributed by atoms with Crippen LogP contribution in [0.2, 0.25) is 0 Å². The largest absolute Gasteiger partial charge is 0.496 e. The highest BCUT2D eigenvalue weighted by Crippen LogP contribution is 2.34. The van der Waals surface area contributed by atoms with Crippen LogP contribution >= 0.6 is 0 Å². The Morgan fingerprint density at radius 2 is 1.73 bits per heavy atom. The summed E-state index contributed by atoms with van der Waals surface area (Å²) >= 11 is 0. The molecule has 0 atom stereocenters. The molecule has 2 N–H and O–H groups in total. The topological polar surface area (TPSA) is 93.7 Å². The maximum absolute atomic E-state index is 12.1. The van der Waals surface area contributed by atoms with E-state index in [4.69, 9.17) is 18.9 Å². The summed E-state index contributed by atoms with van der Waals surface area (Å²) in [6, 6.07) is 3.71. The molecule has 9 nitrogen and oxygen atoms in total. The number of nitrogens with zero attached hydrogens (tertiary/aromatic N) is 2. The van der Waals surface area contributed by atoms with Crippen molar-refractivity contribution in [1.29, 1.82) is 0 Å². The Hall–Kier alpha value is -2.84. The van der Waals surface area contributed by atoms with E-state index in [0.717, 1.165) is 5.56 Å². The predicted octanol–water partition coefficient (Wildman–Crippen LogP) is 2.39. The maximum Gasteiger partial charge on any atom is 0.410 e. The molecule has 0 spiro atoms. The summed E-state index contributed by atoms with van der Waals surface area (Å²) in [5, 5.41) is 6.58. The van der Waals surface area contributed by atoms with Crippen LogP contribution in [0.4, 0.5) is 4.79 Å². The monoisotopic (exact) mass is 422 g/mol. The minimum absolute atomic E-state index is 0.106. The normalized spacial score (nSPS) is 14.6. The van der Waals surface area contributed by atoms with Gasteiger partial charge >= 0.3 is 6.09 Å². The van der Waals surface area contributed by atoms with Crippen LogP contribution in [0.25, 0.3) is 0 Å². The lowest BCUT2D eigenvalue weighted by molar-refractivity contribution is 0.00700. The van der Waals surface area contributed by atoms with Gasteiger partial charge in [-0.15, -0.1) is 0 Å². The molecule has 168 valence electrons. The zero-order chi connectivity index (χ0) is 22.3. The van der Waals surface area contributed by atoms with E-state index in [1.165, 1.54) is 0 Å². The van der Waals surface area contributed by atoms with Crippen LogP contribution in [-0.4, -0.2) is 69.6 Å². The van der Waals surface area contributed by atoms with Gasteiger partial charge in [-0.2, -0.15) is 0 Å². The quantitative estimate of drug-likeness (QED) is 0.515. The first-order chi connectivity index (χ1) is 14.2. The van der Waals surface area contributed by atoms with Gasteiger partial charge in [-0.05, 0) is 27.7 Å². The van der Waals surface area contributed by atoms with Gasteiger partial charge in [0.1, 0.15) is 22.8 Å². The lowest BCUT2D eigenvalue weighted by Gasteiger charge is -2.40. The zero-order valence-corrected chi connectivity index (χ0v) is 19.0. The third-order valence-corrected chi connectivity index (χ3v) is 4.43. The van der Waals surface area contributed by atoms with Gasteiger partial charge in [-0.3, -0.25) is 0 Å². The van der Waals surface area contributed by atoms with E-state index in [1.54, 1.807) is 38.4 Å². The number of hydrogen-bond acceptors (Lipinski definition) is 6. The highest BCUT2D eigenvalue weighted by atomic mass is 16.6. The fraction of sp³-hybridized carbons (Fsp3) is 0.619. The number of likely N-dealkylation sites (tertiary alicyclic amines) is 1. The Bertz CT molecular complexity index is 729. The summed E-state index contributed by atoms with van der Waals surface area (Å²) in [5.74, 6) is 2.60. The van der Waals surface area contributed by atoms with E-state index in [2.05, 4.69) is 15.6 Å². The van der Waals surface area contributed by atoms with E-state index in [0.29, 0.717) is 49.4 Å². The molecule has 1 amide bonds. The van der Waals surface area contributed by atoms with Crippen molar-refractivity contribution in [3.05, 3.63) is 17.7 Å². The Kier molecular flexibility index (Phi) is 8.02. The number of carbonyl (C=O) groups excluding carboxylic acids is 1. The van der Waals surface area contributed by atoms with E-state index in [1.807, 2.05) is 27.7 Å². The summed E-state index contributed by atoms with van der Waals surface area (Å²) in [6.45, 7) is 9.77. The van der Waals surface area contributed by atoms with Gasteiger partial charge in [0.2, 0.25) is 0 Å². The first kappa shape index (κ1) is 23.4. The smallest absolute Gasteiger partial charge is 0.410 e. The number of benzene rings is 1. The lowest BCUT2D eigenvalue weighted by atomic mass is 10.1. The molecule has 30 heavy (non-hydrogen) atoms. The average molecular weight is 423 g/mol. The average Bonchev–Trinajstić information content (AvgIpc) is 2.66. The molecule has 0 aromatic heterocycles. The molecule has 1 aliphatic rings. The molecule has 1 fully saturated rings. The summed E-state index contributed by atoms with van der Waals surface area (Å²) in [4.78, 5) is 18.4. The second-order valence-electron chi connectivity index (χ2n) is 7.93. The van der Waals surface area contributed by atoms with Crippen LogP contribution in [0.3, 0.4) is 0 Å². The number of hydrogen-bond donors (Lipinski definition) is 2. The number of guanidine groups is 1. The number of nitrogens with one attached hydrogen (secondary N) is 2. The molecule has 1 aliphatic heterocycles. The van der Waals surface area contributed by atoms with Crippen LogP contribution in [0.15, 0.2) is 17.1 Å². The van der Waals surface area contributed by atoms with Crippen molar-refractivity contribution in [3.63, 3.8) is 0 Å². The molecule has 1 aromatic carbocycles. The molecule has 1 saturated heterocycles. The SMILES string of the molecule is CCNC(=NCc1c(OC)cc(OC)cc1OC)NC1CN(C(=O)OC(C)(C)C)C1. The molecule has 0 aliphatic carbocycles. The summed E-state index contributed by atoms with van der Waals surface area (Å²) in [6.07, 6.45) is -0.296. The van der Waals surface area contributed by atoms with E-state index in [-0.39, 0.29) is 12.1 Å². The van der Waals surface area contributed by atoms with E-state index < -0.39 is 5.60 Å². The van der Waals surface area contributed by atoms with Crippen molar-refractivity contribution in [2.24, 2.45) is 4.99 Å². The predicted molar refractivity (Wildman–Crippen MR) is 116 cm³/mol. The summed E-state index contributed by atoms with van der Waals surface area (Å²) < 4.78 is 21.7. The van der Waals surface area contributed by atoms with Gasteiger partial charge < -0.3 is 34.5 Å². The zero-order valence-electron chi connectivity index (χ0n) is 19.0. The molecule has 1 heterocycles. The fourth-order valence-corrected chi connectivity index (χ4v) is 2.95. The molecule has 0 unspecified atom stereocenters. The van der Waals surface area contributed by atoms with Crippen molar-refractivity contribution in [2.75, 3.05) is 41.0 Å². The molecular weight excluding hydrogens is 388 g/mol. The van der Waals surface area contributed by atoms with Gasteiger partial charge in [-0.1, -0.05) is 0 Å². The van der Waals surface area contributed by atoms with Crippen LogP contribution < -0.4 is 24.8 Å². The fourth-order valence-electron chi connectivity index (χ4n) is 2.95. The third-order valence-electron chi connectivity index (χ3n) is 4.43. The number of amides is 1. The minimum Gasteiger partial charge on any atom is -0.496 e. The second kappa shape index (κ2) is 10.3. The number of aliphatic imine (C=N–C) groups is 1. The second-order valence-corrected chi connectivity index (χ2v) is 7.93. The van der Waals surface area contributed by atoms with Gasteiger partial charge in [0.15, 0.2) is 5.96 Å². The maximum atomic E-state index is 12.1. The van der Waals surface area contributed by atoms with Crippen molar-refractivity contribution >= 4 is 12.1 Å². The summed E-state index contributed by atoms with van der Waals surface area (Å²) in [5.41, 5.74) is 0.324. The van der Waals surface area contributed by atoms with Gasteiger partial charge in [0.05, 0.1) is 39.5 Å². The Balaban J connectivity index is 2.03. The number of methoxy groups -OCH3 is 3. The molecule has 9 heteroatoms. The van der Waals surface area contributed by atoms with Crippen molar-refractivity contribution in [2.45, 2.75) is 45.9 Å². The standard InChI is InChI=1S/C21H34N4O5/c1-8-22-19(24-14-12-25(13-14)20(26)30-21(2,3)4)23-11-16-17(28-6)9-15(27-5)10-18(16)29-7/h9-10,14H,8,11-13H2,1-7H3,(H2,22,23,24). The highest BCUT2D eigenvalue weighted by molar-refractivity contribution is 5.80. The first-order valence-electron chi connectivity index (χ1n) is 10.0. The molecule has 2 rings (SSSR count). The van der Waals surface area contributed by atoms with Crippen LogP contribution in [0, 0.1) is 0 Å². The van der Waals surface area contributed by atoms with Crippen LogP contribution in [-0.2, 0) is 11.3 Å². The summed E-state index contributed by atoms with van der Waals surface area (Å²) in [7, 11) is 4.80. The van der Waals surface area contributed by atoms with Gasteiger partial charge in [-0.25, -0.2) is 9.79 Å². The number of rotatable bonds is 7. The molecular formula is C21H34N4O5. The Labute approximate surface area is 178 Å². The Morgan fingerprint density at radius 3 is 2.20 bits per heavy atom. The van der Waals surface area contributed by atoms with Gasteiger partial charge in [0.25, 0.3) is 0 Å². The third kappa shape index (κ3) is 6.33. The lowest BCUT2D eigenvalue weighted by Crippen LogP contribution is -2.63. The number of ether oxygens (including phenoxy) is 4. The number of carbonyl (C=O) groups is 1. The molecule has 0 bridgehead atoms. The van der Waals surface area contributed by atoms with E-state index in [9.17, 15) is 4.79 Å². The van der Waals surface area contributed by atoms with Crippen molar-refractivity contribution < 1.29 is 23.7 Å². The van der Waals surface area contributed by atoms with Crippen LogP contribution in [0.5, 0.6) is 17.2 Å².